The number of allylic oxidation sites excluding steroid dienone is 1. The van der Waals surface area contributed by atoms with Crippen molar-refractivity contribution in [1.29, 1.82) is 0 Å². The predicted molar refractivity (Wildman–Crippen MR) is 394 cm³/mol. The topological polar surface area (TPSA) is 9.72 Å². The second-order valence-corrected chi connectivity index (χ2v) is 37.6. The number of rotatable bonds is 4. The van der Waals surface area contributed by atoms with E-state index in [2.05, 4.69) is 287 Å². The van der Waals surface area contributed by atoms with Crippen LogP contribution in [0.1, 0.15) is 282 Å². The van der Waals surface area contributed by atoms with Crippen molar-refractivity contribution in [2.45, 2.75) is 281 Å². The molecule has 4 atom stereocenters. The molecule has 1 saturated carbocycles. The second kappa shape index (κ2) is 18.8. The maximum atomic E-state index is 3.02. The van der Waals surface area contributed by atoms with E-state index in [1.54, 1.807) is 33.3 Å². The van der Waals surface area contributed by atoms with Gasteiger partial charge in [0.2, 0.25) is 6.71 Å². The van der Waals surface area contributed by atoms with Gasteiger partial charge in [0.15, 0.2) is 0 Å². The van der Waals surface area contributed by atoms with Crippen molar-refractivity contribution in [3.8, 4) is 11.1 Å². The average Bonchev–Trinajstić information content (AvgIpc) is 1.45. The summed E-state index contributed by atoms with van der Waals surface area (Å²) in [6, 6.07) is 53.5. The van der Waals surface area contributed by atoms with Crippen LogP contribution in [0.5, 0.6) is 0 Å². The van der Waals surface area contributed by atoms with E-state index in [9.17, 15) is 0 Å². The molecule has 92 heavy (non-hydrogen) atoms. The molecule has 1 fully saturated rings. The van der Waals surface area contributed by atoms with Gasteiger partial charge in [-0.15, -0.1) is 0 Å². The Hall–Kier alpha value is -6.26. The summed E-state index contributed by atoms with van der Waals surface area (Å²) in [4.78, 5) is 8.86. The summed E-state index contributed by atoms with van der Waals surface area (Å²) in [5.41, 5.74) is 32.9. The minimum Gasteiger partial charge on any atom is -0.334 e. The molecule has 6 aliphatic carbocycles. The van der Waals surface area contributed by atoms with E-state index in [1.807, 2.05) is 0 Å². The zero-order chi connectivity index (χ0) is 65.2. The van der Waals surface area contributed by atoms with Crippen molar-refractivity contribution in [1.82, 2.24) is 0 Å². The quantitative estimate of drug-likeness (QED) is 0.163. The lowest BCUT2D eigenvalue weighted by Crippen LogP contribution is -2.58. The van der Waals surface area contributed by atoms with Crippen LogP contribution in [0, 0.1) is 0 Å². The molecular weight excluding hydrogens is 1110 g/mol. The molecule has 0 bridgehead atoms. The van der Waals surface area contributed by atoms with Crippen LogP contribution in [0.25, 0.3) is 16.8 Å². The normalized spacial score (nSPS) is 27.0. The van der Waals surface area contributed by atoms with Gasteiger partial charge < -0.3 is 14.7 Å². The fourth-order valence-corrected chi connectivity index (χ4v) is 21.4. The first-order chi connectivity index (χ1) is 43.0. The Balaban J connectivity index is 1.10. The van der Waals surface area contributed by atoms with Crippen LogP contribution in [0.3, 0.4) is 0 Å². The molecule has 16 rings (SSSR count). The molecule has 0 spiro atoms. The molecule has 3 nitrogen and oxygen atoms in total. The minimum absolute atomic E-state index is 0.00810. The molecule has 7 aromatic carbocycles. The molecule has 0 radical (unpaired) electrons. The molecule has 3 heterocycles. The van der Waals surface area contributed by atoms with Gasteiger partial charge in [0.1, 0.15) is 0 Å². The lowest BCUT2D eigenvalue weighted by Gasteiger charge is -2.54. The first kappa shape index (κ1) is 60.7. The number of hydrogen-bond acceptors (Lipinski definition) is 3. The van der Waals surface area contributed by atoms with Gasteiger partial charge in [-0.05, 0) is 228 Å². The van der Waals surface area contributed by atoms with Crippen molar-refractivity contribution < 1.29 is 0 Å². The minimum atomic E-state index is -0.320. The summed E-state index contributed by atoms with van der Waals surface area (Å²) in [6.45, 7) is 53.8. The third kappa shape index (κ3) is 8.00. The van der Waals surface area contributed by atoms with E-state index in [1.165, 1.54) is 153 Å². The van der Waals surface area contributed by atoms with E-state index >= 15 is 0 Å². The van der Waals surface area contributed by atoms with E-state index in [0.717, 1.165) is 6.42 Å². The van der Waals surface area contributed by atoms with Crippen molar-refractivity contribution in [2.75, 3.05) is 14.7 Å². The number of benzene rings is 7. The molecule has 0 amide bonds. The Morgan fingerprint density at radius 1 is 0.413 bits per heavy atom. The Bertz CT molecular complexity index is 4360. The van der Waals surface area contributed by atoms with Gasteiger partial charge in [-0.3, -0.25) is 0 Å². The summed E-state index contributed by atoms with van der Waals surface area (Å²) in [7, 11) is 0. The molecule has 0 saturated heterocycles. The number of anilines is 6. The van der Waals surface area contributed by atoms with Crippen molar-refractivity contribution >= 4 is 52.0 Å². The average molecular weight is 1220 g/mol. The van der Waals surface area contributed by atoms with Gasteiger partial charge in [-0.25, -0.2) is 0 Å². The fraction of sp³-hybridized carbons (Fsp3) is 0.500. The van der Waals surface area contributed by atoms with Crippen LogP contribution >= 0.6 is 0 Å². The summed E-state index contributed by atoms with van der Waals surface area (Å²) >= 11 is 0. The van der Waals surface area contributed by atoms with E-state index in [4.69, 9.17) is 0 Å². The van der Waals surface area contributed by atoms with Gasteiger partial charge in [0, 0.05) is 61.8 Å². The third-order valence-electron chi connectivity index (χ3n) is 27.7. The van der Waals surface area contributed by atoms with Crippen molar-refractivity contribution in [3.63, 3.8) is 0 Å². The van der Waals surface area contributed by atoms with Gasteiger partial charge >= 0.3 is 0 Å². The van der Waals surface area contributed by atoms with E-state index in [-0.39, 0.29) is 78.3 Å². The zero-order valence-electron chi connectivity index (χ0n) is 60.3. The fourth-order valence-electron chi connectivity index (χ4n) is 21.4. The van der Waals surface area contributed by atoms with Gasteiger partial charge in [-0.2, -0.15) is 0 Å². The molecular formula is C88H106BN3. The highest BCUT2D eigenvalue weighted by Crippen LogP contribution is 2.70. The largest absolute Gasteiger partial charge is 0.334 e. The van der Waals surface area contributed by atoms with Crippen LogP contribution in [0.4, 0.5) is 34.1 Å². The van der Waals surface area contributed by atoms with Crippen LogP contribution < -0.4 is 20.2 Å². The molecule has 3 aliphatic heterocycles. The summed E-state index contributed by atoms with van der Waals surface area (Å²) in [5.74, 6) is 0.161. The molecule has 9 aliphatic rings. The first-order valence-electron chi connectivity index (χ1n) is 36.1. The standard InChI is InChI=1S/C88H106BN3/c1-78(2,3)54-33-36-69(57(45-54)53-29-23-22-24-30-53)91-72-48-56(92-70-32-26-25-31-61(70)87(20)37-27-28-38-88(87,92)21)47-71-73(72)89(77-75(91)59-50-66-68(52-63(59)86(77,18)19)84(14,15)44-42-82(66,10)11)76-74(90(71)55-34-35-60-64(46-55)80(6,7)40-39-79(60,4)5)58-49-65-67(51-62(58)85(76,16)17)83(12,13)43-41-81(65,8)9/h22-26,29-36,45-52,75,77H,27-28,37-44H2,1-21H3. The van der Waals surface area contributed by atoms with Crippen LogP contribution in [-0.4, -0.2) is 12.3 Å². The van der Waals surface area contributed by atoms with E-state index in [0.29, 0.717) is 0 Å². The Kier molecular flexibility index (Phi) is 12.4. The molecule has 0 aromatic heterocycles. The monoisotopic (exact) mass is 1220 g/mol. The highest BCUT2D eigenvalue weighted by molar-refractivity contribution is 6.87. The van der Waals surface area contributed by atoms with Crippen LogP contribution in [0.15, 0.2) is 133 Å². The Morgan fingerprint density at radius 2 is 0.957 bits per heavy atom. The Morgan fingerprint density at radius 3 is 1.59 bits per heavy atom. The van der Waals surface area contributed by atoms with Crippen molar-refractivity contribution in [2.24, 2.45) is 0 Å². The van der Waals surface area contributed by atoms with E-state index < -0.39 is 0 Å². The summed E-state index contributed by atoms with van der Waals surface area (Å²) < 4.78 is 0. The van der Waals surface area contributed by atoms with Gasteiger partial charge in [0.25, 0.3) is 0 Å². The maximum absolute atomic E-state index is 3.02. The molecule has 4 unspecified atom stereocenters. The highest BCUT2D eigenvalue weighted by Gasteiger charge is 2.65. The van der Waals surface area contributed by atoms with Crippen LogP contribution in [-0.2, 0) is 54.1 Å². The lowest BCUT2D eigenvalue weighted by molar-refractivity contribution is 0.195. The zero-order valence-corrected chi connectivity index (χ0v) is 60.3. The first-order valence-corrected chi connectivity index (χ1v) is 36.1. The number of nitrogens with zero attached hydrogens (tertiary/aromatic N) is 3. The Labute approximate surface area is 555 Å². The maximum Gasteiger partial charge on any atom is 0.220 e. The third-order valence-corrected chi connectivity index (χ3v) is 27.7. The number of fused-ring (bicyclic) bond motifs is 13. The summed E-state index contributed by atoms with van der Waals surface area (Å²) in [6.07, 6.45) is 11.9. The molecule has 0 N–H and O–H groups in total. The molecule has 7 aromatic rings. The van der Waals surface area contributed by atoms with Gasteiger partial charge in [-0.1, -0.05) is 236 Å². The second-order valence-electron chi connectivity index (χ2n) is 37.6. The molecule has 476 valence electrons. The number of para-hydroxylation sites is 1. The lowest BCUT2D eigenvalue weighted by atomic mass is 9.24. The highest BCUT2D eigenvalue weighted by atomic mass is 15.3. The van der Waals surface area contributed by atoms with Gasteiger partial charge in [0.05, 0.1) is 11.6 Å². The smallest absolute Gasteiger partial charge is 0.220 e. The van der Waals surface area contributed by atoms with Crippen LogP contribution in [0.2, 0.25) is 5.82 Å². The number of hydrogen-bond donors (Lipinski definition) is 0. The predicted octanol–water partition coefficient (Wildman–Crippen LogP) is 23.1. The van der Waals surface area contributed by atoms with Crippen molar-refractivity contribution in [3.05, 3.63) is 200 Å². The molecule has 4 heteroatoms. The summed E-state index contributed by atoms with van der Waals surface area (Å²) in [5, 5.41) is 0. The SMILES string of the molecule is CC(C)(C)c1ccc(N2c3cc(N4c5ccccc5C5(C)CCCCC45C)cc4c3B(C3=C(c5cc6c(cc5C3(C)C)C(C)(C)CCC6(C)C)N4c3ccc4c(c3)C(C)(C)CCC4(C)C)C3C2c2cc4c(cc2C3(C)C)C(C)(C)CCC4(C)C)c(-c2ccccc2)c1.